The van der Waals surface area contributed by atoms with Gasteiger partial charge in [-0.15, -0.1) is 0 Å². The van der Waals surface area contributed by atoms with Gasteiger partial charge in [0, 0.05) is 23.8 Å². The average Bonchev–Trinajstić information content (AvgIpc) is 3.60. The van der Waals surface area contributed by atoms with E-state index in [2.05, 4.69) is 4.72 Å². The SMILES string of the molecule is Cc1ccc(S(=O)(=O)Nc2ccc(C(=O)N(Cc3ccccc3)C3CC3)cc2)cc1C. The van der Waals surface area contributed by atoms with Crippen molar-refractivity contribution in [2.45, 2.75) is 44.2 Å². The molecule has 31 heavy (non-hydrogen) atoms. The third-order valence-corrected chi connectivity index (χ3v) is 7.00. The summed E-state index contributed by atoms with van der Waals surface area (Å²) in [6, 6.07) is 21.9. The maximum atomic E-state index is 13.1. The van der Waals surface area contributed by atoms with Crippen molar-refractivity contribution in [2.75, 3.05) is 4.72 Å². The van der Waals surface area contributed by atoms with Gasteiger partial charge in [0.25, 0.3) is 15.9 Å². The fraction of sp³-hybridized carbons (Fsp3) is 0.240. The molecule has 0 aliphatic heterocycles. The van der Waals surface area contributed by atoms with Crippen molar-refractivity contribution in [1.82, 2.24) is 4.90 Å². The Morgan fingerprint density at radius 1 is 0.935 bits per heavy atom. The van der Waals surface area contributed by atoms with Gasteiger partial charge in [-0.1, -0.05) is 36.4 Å². The van der Waals surface area contributed by atoms with Gasteiger partial charge in [-0.3, -0.25) is 9.52 Å². The Balaban J connectivity index is 1.49. The fourth-order valence-electron chi connectivity index (χ4n) is 3.47. The summed E-state index contributed by atoms with van der Waals surface area (Å²) in [5.41, 5.74) is 4.04. The molecule has 0 saturated heterocycles. The highest BCUT2D eigenvalue weighted by Gasteiger charge is 2.33. The first-order valence-corrected chi connectivity index (χ1v) is 11.9. The molecular weight excluding hydrogens is 408 g/mol. The van der Waals surface area contributed by atoms with Crippen LogP contribution in [-0.4, -0.2) is 25.3 Å². The highest BCUT2D eigenvalue weighted by Crippen LogP contribution is 2.30. The predicted molar refractivity (Wildman–Crippen MR) is 123 cm³/mol. The average molecular weight is 435 g/mol. The molecule has 5 nitrogen and oxygen atoms in total. The third kappa shape index (κ3) is 4.97. The van der Waals surface area contributed by atoms with Crippen molar-refractivity contribution in [3.63, 3.8) is 0 Å². The van der Waals surface area contributed by atoms with E-state index in [4.69, 9.17) is 0 Å². The summed E-state index contributed by atoms with van der Waals surface area (Å²) in [7, 11) is -3.69. The number of anilines is 1. The van der Waals surface area contributed by atoms with Gasteiger partial charge in [0.05, 0.1) is 4.90 Å². The Labute approximate surface area is 183 Å². The van der Waals surface area contributed by atoms with Crippen LogP contribution in [0.15, 0.2) is 77.7 Å². The van der Waals surface area contributed by atoms with Gasteiger partial charge in [-0.05, 0) is 79.8 Å². The van der Waals surface area contributed by atoms with Crippen LogP contribution >= 0.6 is 0 Å². The normalized spacial score (nSPS) is 13.6. The molecule has 0 aromatic heterocycles. The van der Waals surface area contributed by atoms with Crippen LogP contribution in [0.25, 0.3) is 0 Å². The molecule has 3 aromatic rings. The van der Waals surface area contributed by atoms with Crippen LogP contribution < -0.4 is 4.72 Å². The number of aryl methyl sites for hydroxylation is 2. The lowest BCUT2D eigenvalue weighted by molar-refractivity contribution is 0.0730. The summed E-state index contributed by atoms with van der Waals surface area (Å²) in [6.45, 7) is 4.40. The zero-order valence-corrected chi connectivity index (χ0v) is 18.5. The van der Waals surface area contributed by atoms with Crippen LogP contribution in [0.1, 0.15) is 39.9 Å². The van der Waals surface area contributed by atoms with Gasteiger partial charge in [0.15, 0.2) is 0 Å². The molecule has 3 aromatic carbocycles. The second kappa shape index (κ2) is 8.55. The molecule has 0 radical (unpaired) electrons. The van der Waals surface area contributed by atoms with Crippen molar-refractivity contribution >= 4 is 21.6 Å². The number of nitrogens with zero attached hydrogens (tertiary/aromatic N) is 1. The van der Waals surface area contributed by atoms with Crippen LogP contribution in [0.5, 0.6) is 0 Å². The molecule has 1 fully saturated rings. The third-order valence-electron chi connectivity index (χ3n) is 5.62. The molecule has 4 rings (SSSR count). The van der Waals surface area contributed by atoms with Crippen molar-refractivity contribution in [3.05, 3.63) is 95.1 Å². The molecule has 0 atom stereocenters. The van der Waals surface area contributed by atoms with Crippen LogP contribution in [0.4, 0.5) is 5.69 Å². The van der Waals surface area contributed by atoms with E-state index < -0.39 is 10.0 Å². The molecule has 0 spiro atoms. The molecule has 1 saturated carbocycles. The number of sulfonamides is 1. The molecule has 0 bridgehead atoms. The van der Waals surface area contributed by atoms with Crippen molar-refractivity contribution < 1.29 is 13.2 Å². The maximum absolute atomic E-state index is 13.1. The van der Waals surface area contributed by atoms with E-state index in [0.717, 1.165) is 29.5 Å². The van der Waals surface area contributed by atoms with E-state index in [1.807, 2.05) is 49.1 Å². The molecule has 0 heterocycles. The molecule has 6 heteroatoms. The van der Waals surface area contributed by atoms with Crippen molar-refractivity contribution in [1.29, 1.82) is 0 Å². The minimum absolute atomic E-state index is 0.0325. The van der Waals surface area contributed by atoms with E-state index in [0.29, 0.717) is 17.8 Å². The number of carbonyl (C=O) groups is 1. The smallest absolute Gasteiger partial charge is 0.261 e. The number of rotatable bonds is 7. The lowest BCUT2D eigenvalue weighted by Crippen LogP contribution is -2.32. The number of amides is 1. The second-order valence-electron chi connectivity index (χ2n) is 8.08. The van der Waals surface area contributed by atoms with Crippen LogP contribution in [0.2, 0.25) is 0 Å². The van der Waals surface area contributed by atoms with Crippen molar-refractivity contribution in [2.24, 2.45) is 0 Å². The van der Waals surface area contributed by atoms with E-state index in [-0.39, 0.29) is 16.8 Å². The van der Waals surface area contributed by atoms with Crippen LogP contribution in [0.3, 0.4) is 0 Å². The van der Waals surface area contributed by atoms with Crippen molar-refractivity contribution in [3.8, 4) is 0 Å². The number of hydrogen-bond donors (Lipinski definition) is 1. The minimum Gasteiger partial charge on any atom is -0.331 e. The molecule has 160 valence electrons. The highest BCUT2D eigenvalue weighted by atomic mass is 32.2. The van der Waals surface area contributed by atoms with E-state index >= 15 is 0 Å². The van der Waals surface area contributed by atoms with Gasteiger partial charge < -0.3 is 4.90 Å². The molecule has 0 unspecified atom stereocenters. The van der Waals surface area contributed by atoms with Gasteiger partial charge in [0.1, 0.15) is 0 Å². The Morgan fingerprint density at radius 2 is 1.61 bits per heavy atom. The van der Waals surface area contributed by atoms with E-state index in [1.165, 1.54) is 0 Å². The highest BCUT2D eigenvalue weighted by molar-refractivity contribution is 7.92. The Hall–Kier alpha value is -3.12. The quantitative estimate of drug-likeness (QED) is 0.575. The Morgan fingerprint density at radius 3 is 2.23 bits per heavy atom. The number of nitrogens with one attached hydrogen (secondary N) is 1. The first-order valence-electron chi connectivity index (χ1n) is 10.4. The molecule has 1 N–H and O–H groups in total. The van der Waals surface area contributed by atoms with Gasteiger partial charge in [0.2, 0.25) is 0 Å². The number of carbonyl (C=O) groups excluding carboxylic acids is 1. The summed E-state index contributed by atoms with van der Waals surface area (Å²) < 4.78 is 28.0. The Bertz CT molecular complexity index is 1190. The number of benzene rings is 3. The second-order valence-corrected chi connectivity index (χ2v) is 9.76. The lowest BCUT2D eigenvalue weighted by Gasteiger charge is -2.23. The minimum atomic E-state index is -3.69. The first kappa shape index (κ1) is 21.1. The topological polar surface area (TPSA) is 66.5 Å². The Kier molecular flexibility index (Phi) is 5.83. The fourth-order valence-corrected chi connectivity index (χ4v) is 4.62. The zero-order chi connectivity index (χ0) is 22.0. The summed E-state index contributed by atoms with van der Waals surface area (Å²) in [6.07, 6.45) is 2.04. The maximum Gasteiger partial charge on any atom is 0.261 e. The standard InChI is InChI=1S/C25H26N2O3S/c1-18-8-15-24(16-19(18)2)31(29,30)26-22-11-9-21(10-12-22)25(28)27(23-13-14-23)17-20-6-4-3-5-7-20/h3-12,15-16,23,26H,13-14,17H2,1-2H3. The molecule has 1 aliphatic carbocycles. The summed E-state index contributed by atoms with van der Waals surface area (Å²) in [5, 5.41) is 0. The molecule has 1 aliphatic rings. The monoisotopic (exact) mass is 434 g/mol. The summed E-state index contributed by atoms with van der Waals surface area (Å²) in [4.78, 5) is 15.2. The predicted octanol–water partition coefficient (Wildman–Crippen LogP) is 4.91. The van der Waals surface area contributed by atoms with Gasteiger partial charge in [-0.2, -0.15) is 0 Å². The van der Waals surface area contributed by atoms with Gasteiger partial charge >= 0.3 is 0 Å². The van der Waals surface area contributed by atoms with Crippen LogP contribution in [0, 0.1) is 13.8 Å². The van der Waals surface area contributed by atoms with Crippen LogP contribution in [-0.2, 0) is 16.6 Å². The molecule has 1 amide bonds. The van der Waals surface area contributed by atoms with E-state index in [1.54, 1.807) is 42.5 Å². The lowest BCUT2D eigenvalue weighted by atomic mass is 10.1. The summed E-state index contributed by atoms with van der Waals surface area (Å²) in [5.74, 6) is -0.0325. The summed E-state index contributed by atoms with van der Waals surface area (Å²) >= 11 is 0. The van der Waals surface area contributed by atoms with Gasteiger partial charge in [-0.25, -0.2) is 8.42 Å². The first-order chi connectivity index (χ1) is 14.8. The molecular formula is C25H26N2O3S. The zero-order valence-electron chi connectivity index (χ0n) is 17.7. The largest absolute Gasteiger partial charge is 0.331 e. The van der Waals surface area contributed by atoms with E-state index in [9.17, 15) is 13.2 Å². The number of hydrogen-bond acceptors (Lipinski definition) is 3.